The van der Waals surface area contributed by atoms with Crippen LogP contribution in [0.25, 0.3) is 0 Å². The van der Waals surface area contributed by atoms with E-state index in [2.05, 4.69) is 16.8 Å². The second kappa shape index (κ2) is 3.71. The Bertz CT molecular complexity index is 107. The Balaban J connectivity index is 2.30. The number of hydrogen-bond acceptors (Lipinski definition) is 2. The van der Waals surface area contributed by atoms with Crippen molar-refractivity contribution < 1.29 is 0 Å². The minimum Gasteiger partial charge on any atom is -0.312 e. The predicted octanol–water partition coefficient (Wildman–Crippen LogP) is -0.623. The molecule has 1 atom stereocenters. The van der Waals surface area contributed by atoms with Gasteiger partial charge in [0.1, 0.15) is 0 Å². The van der Waals surface area contributed by atoms with E-state index in [1.165, 1.54) is 0 Å². The van der Waals surface area contributed by atoms with Gasteiger partial charge in [-0.3, -0.25) is 4.90 Å². The first-order valence-electron chi connectivity index (χ1n) is 3.60. The highest BCUT2D eigenvalue weighted by Gasteiger charge is 2.13. The fraction of sp³-hybridized carbons (Fsp3) is 0.714. The summed E-state index contributed by atoms with van der Waals surface area (Å²) < 4.78 is 0. The van der Waals surface area contributed by atoms with Gasteiger partial charge < -0.3 is 5.73 Å². The van der Waals surface area contributed by atoms with Gasteiger partial charge in [0.2, 0.25) is 0 Å². The summed E-state index contributed by atoms with van der Waals surface area (Å²) in [6.07, 6.45) is 1.79. The van der Waals surface area contributed by atoms with Crippen LogP contribution in [0.15, 0.2) is 12.7 Å². The molecule has 2 N–H and O–H groups in total. The van der Waals surface area contributed by atoms with Gasteiger partial charge in [0.25, 0.3) is 0 Å². The molecule has 1 heterocycles. The fourth-order valence-corrected chi connectivity index (χ4v) is 1.07. The topological polar surface area (TPSA) is 43.4 Å². The summed E-state index contributed by atoms with van der Waals surface area (Å²) in [5.41, 5.74) is 5.71. The largest absolute Gasteiger partial charge is 0.312 e. The van der Waals surface area contributed by atoms with Gasteiger partial charge in [0.05, 0.1) is 6.17 Å². The van der Waals surface area contributed by atoms with Crippen molar-refractivity contribution in [2.75, 3.05) is 26.2 Å². The van der Waals surface area contributed by atoms with E-state index in [1.54, 1.807) is 6.08 Å². The SMILES string of the molecule is C=CC(N)N1CC[N]CC1. The van der Waals surface area contributed by atoms with E-state index in [9.17, 15) is 0 Å². The zero-order chi connectivity index (χ0) is 7.40. The van der Waals surface area contributed by atoms with Gasteiger partial charge in [0, 0.05) is 26.2 Å². The lowest BCUT2D eigenvalue weighted by atomic mass is 10.3. The Morgan fingerprint density at radius 3 is 2.60 bits per heavy atom. The van der Waals surface area contributed by atoms with E-state index in [4.69, 9.17) is 5.73 Å². The van der Waals surface area contributed by atoms with E-state index in [0.29, 0.717) is 0 Å². The maximum Gasteiger partial charge on any atom is 0.0762 e. The molecule has 0 aromatic heterocycles. The van der Waals surface area contributed by atoms with Crippen molar-refractivity contribution in [1.29, 1.82) is 0 Å². The molecule has 10 heavy (non-hydrogen) atoms. The van der Waals surface area contributed by atoms with Crippen LogP contribution < -0.4 is 11.1 Å². The zero-order valence-electron chi connectivity index (χ0n) is 6.16. The van der Waals surface area contributed by atoms with Crippen LogP contribution in [-0.4, -0.2) is 37.2 Å². The lowest BCUT2D eigenvalue weighted by Crippen LogP contribution is -2.49. The summed E-state index contributed by atoms with van der Waals surface area (Å²) >= 11 is 0. The molecule has 0 aromatic rings. The molecule has 0 aromatic carbocycles. The lowest BCUT2D eigenvalue weighted by molar-refractivity contribution is 0.203. The molecule has 1 rings (SSSR count). The molecule has 1 fully saturated rings. The van der Waals surface area contributed by atoms with E-state index in [1.807, 2.05) is 0 Å². The molecule has 3 nitrogen and oxygen atoms in total. The smallest absolute Gasteiger partial charge is 0.0762 e. The van der Waals surface area contributed by atoms with Crippen molar-refractivity contribution in [1.82, 2.24) is 10.2 Å². The molecule has 1 aliphatic rings. The van der Waals surface area contributed by atoms with Gasteiger partial charge in [0.15, 0.2) is 0 Å². The number of hydrogen-bond donors (Lipinski definition) is 1. The second-order valence-electron chi connectivity index (χ2n) is 2.43. The Labute approximate surface area is 61.9 Å². The summed E-state index contributed by atoms with van der Waals surface area (Å²) in [7, 11) is 0. The normalized spacial score (nSPS) is 24.1. The number of nitrogens with zero attached hydrogens (tertiary/aromatic N) is 2. The van der Waals surface area contributed by atoms with Gasteiger partial charge >= 0.3 is 0 Å². The highest BCUT2D eigenvalue weighted by atomic mass is 15.3. The molecule has 0 aliphatic carbocycles. The van der Waals surface area contributed by atoms with E-state index >= 15 is 0 Å². The van der Waals surface area contributed by atoms with Crippen molar-refractivity contribution in [3.8, 4) is 0 Å². The summed E-state index contributed by atoms with van der Waals surface area (Å²) in [6, 6.07) is 0. The van der Waals surface area contributed by atoms with Crippen molar-refractivity contribution in [2.45, 2.75) is 6.17 Å². The van der Waals surface area contributed by atoms with Crippen LogP contribution in [0.5, 0.6) is 0 Å². The molecular weight excluding hydrogens is 126 g/mol. The third kappa shape index (κ3) is 1.80. The molecule has 1 aliphatic heterocycles. The summed E-state index contributed by atoms with van der Waals surface area (Å²) in [6.45, 7) is 7.43. The number of nitrogens with two attached hydrogens (primary N) is 1. The third-order valence-electron chi connectivity index (χ3n) is 1.75. The van der Waals surface area contributed by atoms with Gasteiger partial charge in [-0.2, -0.15) is 0 Å². The Morgan fingerprint density at radius 1 is 1.50 bits per heavy atom. The van der Waals surface area contributed by atoms with Crippen LogP contribution in [0.4, 0.5) is 0 Å². The van der Waals surface area contributed by atoms with Gasteiger partial charge in [-0.15, -0.1) is 6.58 Å². The minimum atomic E-state index is 0.0236. The van der Waals surface area contributed by atoms with Crippen molar-refractivity contribution in [3.63, 3.8) is 0 Å². The van der Waals surface area contributed by atoms with Crippen molar-refractivity contribution >= 4 is 0 Å². The molecule has 0 amide bonds. The van der Waals surface area contributed by atoms with Crippen LogP contribution in [0.3, 0.4) is 0 Å². The molecule has 57 valence electrons. The quantitative estimate of drug-likeness (QED) is 0.519. The molecule has 1 radical (unpaired) electrons. The standard InChI is InChI=1S/C7H14N3/c1-2-7(8)10-5-3-9-4-6-10/h2,7H,1,3-6,8H2. The highest BCUT2D eigenvalue weighted by molar-refractivity contribution is 4.84. The molecule has 3 heteroatoms. The minimum absolute atomic E-state index is 0.0236. The fourth-order valence-electron chi connectivity index (χ4n) is 1.07. The molecular formula is C7H14N3. The average Bonchev–Trinajstić information content (AvgIpc) is 2.05. The molecule has 0 bridgehead atoms. The molecule has 1 unspecified atom stereocenters. The van der Waals surface area contributed by atoms with Crippen LogP contribution in [0.1, 0.15) is 0 Å². The Kier molecular flexibility index (Phi) is 2.86. The summed E-state index contributed by atoms with van der Waals surface area (Å²) in [5, 5.41) is 4.21. The first kappa shape index (κ1) is 7.72. The number of rotatable bonds is 2. The maximum atomic E-state index is 5.71. The Morgan fingerprint density at radius 2 is 2.10 bits per heavy atom. The van der Waals surface area contributed by atoms with Crippen LogP contribution in [-0.2, 0) is 0 Å². The first-order chi connectivity index (χ1) is 4.84. The number of piperazine rings is 1. The third-order valence-corrected chi connectivity index (χ3v) is 1.75. The predicted molar refractivity (Wildman–Crippen MR) is 41.6 cm³/mol. The lowest BCUT2D eigenvalue weighted by Gasteiger charge is -2.29. The van der Waals surface area contributed by atoms with Crippen molar-refractivity contribution in [3.05, 3.63) is 12.7 Å². The first-order valence-corrected chi connectivity index (χ1v) is 3.60. The summed E-state index contributed by atoms with van der Waals surface area (Å²) in [4.78, 5) is 2.18. The molecule has 0 spiro atoms. The maximum absolute atomic E-state index is 5.71. The van der Waals surface area contributed by atoms with E-state index in [-0.39, 0.29) is 6.17 Å². The van der Waals surface area contributed by atoms with Crippen LogP contribution in [0, 0.1) is 0 Å². The Hall–Kier alpha value is -0.380. The van der Waals surface area contributed by atoms with Gasteiger partial charge in [-0.1, -0.05) is 6.08 Å². The van der Waals surface area contributed by atoms with Crippen molar-refractivity contribution in [2.24, 2.45) is 5.73 Å². The van der Waals surface area contributed by atoms with Crippen LogP contribution in [0.2, 0.25) is 0 Å². The second-order valence-corrected chi connectivity index (χ2v) is 2.43. The zero-order valence-corrected chi connectivity index (χ0v) is 6.16. The van der Waals surface area contributed by atoms with E-state index in [0.717, 1.165) is 26.2 Å². The monoisotopic (exact) mass is 140 g/mol. The van der Waals surface area contributed by atoms with Gasteiger partial charge in [-0.25, -0.2) is 5.32 Å². The average molecular weight is 140 g/mol. The van der Waals surface area contributed by atoms with Gasteiger partial charge in [-0.05, 0) is 0 Å². The molecule has 0 saturated carbocycles. The van der Waals surface area contributed by atoms with Crippen LogP contribution >= 0.6 is 0 Å². The molecule has 1 saturated heterocycles. The highest BCUT2D eigenvalue weighted by Crippen LogP contribution is 1.96. The van der Waals surface area contributed by atoms with E-state index < -0.39 is 0 Å². The summed E-state index contributed by atoms with van der Waals surface area (Å²) in [5.74, 6) is 0.